The van der Waals surface area contributed by atoms with Gasteiger partial charge in [0.2, 0.25) is 0 Å². The van der Waals surface area contributed by atoms with Gasteiger partial charge in [-0.2, -0.15) is 0 Å². The van der Waals surface area contributed by atoms with Gasteiger partial charge in [-0.25, -0.2) is 0 Å². The maximum atomic E-state index is 6.17. The van der Waals surface area contributed by atoms with Gasteiger partial charge in [-0.05, 0) is 43.3 Å². The van der Waals surface area contributed by atoms with Crippen LogP contribution >= 0.6 is 11.6 Å². The van der Waals surface area contributed by atoms with E-state index in [0.29, 0.717) is 5.02 Å². The lowest BCUT2D eigenvalue weighted by Crippen LogP contribution is -2.05. The summed E-state index contributed by atoms with van der Waals surface area (Å²) in [7, 11) is 1.94. The molecular weight excluding hydrogens is 270 g/mol. The van der Waals surface area contributed by atoms with Gasteiger partial charge in [0, 0.05) is 17.5 Å². The van der Waals surface area contributed by atoms with Gasteiger partial charge in [0.25, 0.3) is 0 Å². The lowest BCUT2D eigenvalue weighted by Gasteiger charge is -2.06. The van der Waals surface area contributed by atoms with Crippen molar-refractivity contribution in [2.45, 2.75) is 13.5 Å². The highest BCUT2D eigenvalue weighted by atomic mass is 35.5. The summed E-state index contributed by atoms with van der Waals surface area (Å²) >= 11 is 6.17. The molecule has 3 rings (SSSR count). The molecule has 0 unspecified atom stereocenters. The van der Waals surface area contributed by atoms with Gasteiger partial charge in [0.15, 0.2) is 5.58 Å². The fourth-order valence-corrected chi connectivity index (χ4v) is 2.63. The molecule has 0 radical (unpaired) electrons. The molecule has 1 N–H and O–H groups in total. The Morgan fingerprint density at radius 2 is 2.00 bits per heavy atom. The van der Waals surface area contributed by atoms with E-state index in [1.165, 1.54) is 11.1 Å². The Labute approximate surface area is 123 Å². The molecule has 0 atom stereocenters. The molecule has 1 heterocycles. The molecular formula is C17H16ClNO. The van der Waals surface area contributed by atoms with Crippen molar-refractivity contribution in [1.29, 1.82) is 0 Å². The van der Waals surface area contributed by atoms with Crippen LogP contribution in [0, 0.1) is 6.92 Å². The quantitative estimate of drug-likeness (QED) is 0.749. The molecule has 0 spiro atoms. The average molecular weight is 286 g/mol. The summed E-state index contributed by atoms with van der Waals surface area (Å²) in [6.45, 7) is 2.93. The molecule has 0 aliphatic carbocycles. The molecule has 0 aliphatic rings. The summed E-state index contributed by atoms with van der Waals surface area (Å²) in [4.78, 5) is 0. The third kappa shape index (κ3) is 2.33. The molecule has 0 saturated carbocycles. The van der Waals surface area contributed by atoms with Crippen LogP contribution in [0.25, 0.3) is 22.3 Å². The van der Waals surface area contributed by atoms with Crippen LogP contribution in [0.1, 0.15) is 11.1 Å². The van der Waals surface area contributed by atoms with Crippen molar-refractivity contribution in [2.75, 3.05) is 7.05 Å². The molecule has 2 nitrogen and oxygen atoms in total. The Hall–Kier alpha value is -1.77. The summed E-state index contributed by atoms with van der Waals surface area (Å²) in [5, 5.41) is 4.85. The second kappa shape index (κ2) is 5.31. The summed E-state index contributed by atoms with van der Waals surface area (Å²) in [6.07, 6.45) is 0. The third-order valence-electron chi connectivity index (χ3n) is 3.44. The fourth-order valence-electron chi connectivity index (χ4n) is 2.41. The minimum absolute atomic E-state index is 0.651. The zero-order chi connectivity index (χ0) is 14.1. The first-order valence-corrected chi connectivity index (χ1v) is 6.99. The van der Waals surface area contributed by atoms with Crippen LogP contribution in [-0.4, -0.2) is 7.05 Å². The summed E-state index contributed by atoms with van der Waals surface area (Å²) in [6, 6.07) is 14.3. The molecule has 2 aromatic carbocycles. The summed E-state index contributed by atoms with van der Waals surface area (Å²) in [5.74, 6) is 0.864. The Morgan fingerprint density at radius 1 is 1.15 bits per heavy atom. The van der Waals surface area contributed by atoms with Gasteiger partial charge < -0.3 is 9.73 Å². The molecule has 3 heteroatoms. The molecule has 0 amide bonds. The minimum Gasteiger partial charge on any atom is -0.455 e. The smallest absolute Gasteiger partial charge is 0.153 e. The monoisotopic (exact) mass is 285 g/mol. The first-order chi connectivity index (χ1) is 9.69. The minimum atomic E-state index is 0.651. The van der Waals surface area contributed by atoms with Crippen molar-refractivity contribution in [2.24, 2.45) is 0 Å². The number of benzene rings is 2. The van der Waals surface area contributed by atoms with Gasteiger partial charge in [-0.15, -0.1) is 0 Å². The van der Waals surface area contributed by atoms with E-state index in [4.69, 9.17) is 16.0 Å². The SMILES string of the molecule is CNCc1ccc(C)c(-c2cc3cccc(Cl)c3o2)c1. The molecule has 3 aromatic rings. The second-order valence-corrected chi connectivity index (χ2v) is 5.36. The first-order valence-electron chi connectivity index (χ1n) is 6.61. The fraction of sp³-hybridized carbons (Fsp3) is 0.176. The van der Waals surface area contributed by atoms with Crippen molar-refractivity contribution < 1.29 is 4.42 Å². The molecule has 1 aromatic heterocycles. The average Bonchev–Trinajstić information content (AvgIpc) is 2.86. The third-order valence-corrected chi connectivity index (χ3v) is 3.74. The Kier molecular flexibility index (Phi) is 3.51. The number of rotatable bonds is 3. The van der Waals surface area contributed by atoms with Gasteiger partial charge >= 0.3 is 0 Å². The normalized spacial score (nSPS) is 11.2. The number of nitrogens with one attached hydrogen (secondary N) is 1. The topological polar surface area (TPSA) is 25.2 Å². The van der Waals surface area contributed by atoms with Crippen molar-refractivity contribution in [3.05, 3.63) is 58.6 Å². The standard InChI is InChI=1S/C17H16ClNO/c1-11-6-7-12(10-19-2)8-14(11)16-9-13-4-3-5-15(18)17(13)20-16/h3-9,19H,10H2,1-2H3. The number of hydrogen-bond donors (Lipinski definition) is 1. The van der Waals surface area contributed by atoms with E-state index in [-0.39, 0.29) is 0 Å². The highest BCUT2D eigenvalue weighted by Crippen LogP contribution is 2.33. The number of furan rings is 1. The van der Waals surface area contributed by atoms with E-state index in [2.05, 4.69) is 30.4 Å². The van der Waals surface area contributed by atoms with E-state index in [0.717, 1.165) is 28.8 Å². The molecule has 20 heavy (non-hydrogen) atoms. The Balaban J connectivity index is 2.14. The van der Waals surface area contributed by atoms with Crippen LogP contribution < -0.4 is 5.32 Å². The Morgan fingerprint density at radius 3 is 2.75 bits per heavy atom. The van der Waals surface area contributed by atoms with Gasteiger partial charge in [0.1, 0.15) is 5.76 Å². The second-order valence-electron chi connectivity index (χ2n) is 4.95. The van der Waals surface area contributed by atoms with Crippen LogP contribution in [0.2, 0.25) is 5.02 Å². The van der Waals surface area contributed by atoms with Gasteiger partial charge in [0.05, 0.1) is 5.02 Å². The van der Waals surface area contributed by atoms with Crippen molar-refractivity contribution in [3.63, 3.8) is 0 Å². The van der Waals surface area contributed by atoms with E-state index in [1.54, 1.807) is 0 Å². The highest BCUT2D eigenvalue weighted by molar-refractivity contribution is 6.34. The molecule has 0 aliphatic heterocycles. The zero-order valence-electron chi connectivity index (χ0n) is 11.5. The first kappa shape index (κ1) is 13.2. The molecule has 0 fully saturated rings. The molecule has 102 valence electrons. The molecule has 0 saturated heterocycles. The number of para-hydroxylation sites is 1. The van der Waals surface area contributed by atoms with Crippen LogP contribution in [-0.2, 0) is 6.54 Å². The summed E-state index contributed by atoms with van der Waals surface area (Å²) < 4.78 is 5.95. The number of halogens is 1. The predicted molar refractivity (Wildman–Crippen MR) is 84.2 cm³/mol. The maximum absolute atomic E-state index is 6.17. The van der Waals surface area contributed by atoms with Crippen LogP contribution in [0.15, 0.2) is 46.9 Å². The molecule has 0 bridgehead atoms. The lowest BCUT2D eigenvalue weighted by molar-refractivity contribution is 0.631. The lowest BCUT2D eigenvalue weighted by atomic mass is 10.0. The largest absolute Gasteiger partial charge is 0.455 e. The zero-order valence-corrected chi connectivity index (χ0v) is 12.3. The van der Waals surface area contributed by atoms with Gasteiger partial charge in [-0.1, -0.05) is 35.9 Å². The highest BCUT2D eigenvalue weighted by Gasteiger charge is 2.11. The van der Waals surface area contributed by atoms with Crippen molar-refractivity contribution in [1.82, 2.24) is 5.32 Å². The van der Waals surface area contributed by atoms with Crippen molar-refractivity contribution >= 4 is 22.6 Å². The van der Waals surface area contributed by atoms with Crippen molar-refractivity contribution in [3.8, 4) is 11.3 Å². The Bertz CT molecular complexity index is 761. The van der Waals surface area contributed by atoms with Gasteiger partial charge in [-0.3, -0.25) is 0 Å². The van der Waals surface area contributed by atoms with Crippen LogP contribution in [0.4, 0.5) is 0 Å². The predicted octanol–water partition coefficient (Wildman–Crippen LogP) is 4.78. The number of fused-ring (bicyclic) bond motifs is 1. The van der Waals surface area contributed by atoms with E-state index >= 15 is 0 Å². The van der Waals surface area contributed by atoms with E-state index in [1.807, 2.05) is 31.3 Å². The summed E-state index contributed by atoms with van der Waals surface area (Å²) in [5.41, 5.74) is 4.30. The van der Waals surface area contributed by atoms with Crippen LogP contribution in [0.5, 0.6) is 0 Å². The van der Waals surface area contributed by atoms with Crippen LogP contribution in [0.3, 0.4) is 0 Å². The maximum Gasteiger partial charge on any atom is 0.153 e. The van der Waals surface area contributed by atoms with E-state index in [9.17, 15) is 0 Å². The number of hydrogen-bond acceptors (Lipinski definition) is 2. The van der Waals surface area contributed by atoms with E-state index < -0.39 is 0 Å². The number of aryl methyl sites for hydroxylation is 1.